The summed E-state index contributed by atoms with van der Waals surface area (Å²) in [5.74, 6) is 0.113. The molecule has 2 aromatic carbocycles. The zero-order valence-corrected chi connectivity index (χ0v) is 17.2. The standard InChI is InChI=1S/C23H25N3O4/c1-15-6-3-9-18-21(15)26(23(29)19-10-5-11-25(19)22(18)28)14-20(27)24-13-16-7-4-8-17(12-16)30-2/h3-4,6-9,12,19H,5,10-11,13-14H2,1-2H3,(H,24,27)/t19-/m0/s1. The number of carbonyl (C=O) groups excluding carboxylic acids is 3. The maximum atomic E-state index is 13.3. The molecule has 0 aliphatic carbocycles. The SMILES string of the molecule is COc1cccc(CNC(=O)CN2C(=O)[C@@H]3CCCN3C(=O)c3cccc(C)c32)c1. The molecule has 4 rings (SSSR count). The van der Waals surface area contributed by atoms with E-state index in [-0.39, 0.29) is 24.3 Å². The fourth-order valence-electron chi connectivity index (χ4n) is 4.24. The minimum Gasteiger partial charge on any atom is -0.497 e. The van der Waals surface area contributed by atoms with E-state index >= 15 is 0 Å². The molecule has 2 aliphatic heterocycles. The van der Waals surface area contributed by atoms with Crippen LogP contribution in [0.2, 0.25) is 0 Å². The van der Waals surface area contributed by atoms with E-state index in [1.165, 1.54) is 4.90 Å². The number of fused-ring (bicyclic) bond motifs is 2. The van der Waals surface area contributed by atoms with Gasteiger partial charge in [-0.3, -0.25) is 14.4 Å². The number of carbonyl (C=O) groups is 3. The summed E-state index contributed by atoms with van der Waals surface area (Å²) in [6.45, 7) is 2.63. The molecule has 30 heavy (non-hydrogen) atoms. The molecule has 0 unspecified atom stereocenters. The Balaban J connectivity index is 1.57. The lowest BCUT2D eigenvalue weighted by Crippen LogP contribution is -2.48. The normalized spacial score (nSPS) is 18.0. The molecule has 2 aliphatic rings. The summed E-state index contributed by atoms with van der Waals surface area (Å²) in [7, 11) is 1.59. The topological polar surface area (TPSA) is 79.0 Å². The molecule has 1 fully saturated rings. The van der Waals surface area contributed by atoms with Crippen LogP contribution >= 0.6 is 0 Å². The fourth-order valence-corrected chi connectivity index (χ4v) is 4.24. The molecule has 156 valence electrons. The molecule has 0 bridgehead atoms. The Labute approximate surface area is 175 Å². The van der Waals surface area contributed by atoms with E-state index < -0.39 is 6.04 Å². The van der Waals surface area contributed by atoms with Crippen molar-refractivity contribution in [2.75, 3.05) is 25.1 Å². The molecule has 0 spiro atoms. The van der Waals surface area contributed by atoms with Crippen LogP contribution in [-0.2, 0) is 16.1 Å². The van der Waals surface area contributed by atoms with E-state index in [0.29, 0.717) is 36.5 Å². The molecule has 0 aromatic heterocycles. The van der Waals surface area contributed by atoms with Gasteiger partial charge in [0.1, 0.15) is 18.3 Å². The number of nitrogens with zero attached hydrogens (tertiary/aromatic N) is 2. The molecule has 1 atom stereocenters. The molecule has 1 saturated heterocycles. The second-order valence-electron chi connectivity index (χ2n) is 7.68. The maximum absolute atomic E-state index is 13.3. The van der Waals surface area contributed by atoms with Gasteiger partial charge < -0.3 is 19.9 Å². The van der Waals surface area contributed by atoms with Crippen molar-refractivity contribution < 1.29 is 19.1 Å². The average Bonchev–Trinajstić information content (AvgIpc) is 3.22. The van der Waals surface area contributed by atoms with E-state index in [4.69, 9.17) is 4.74 Å². The highest BCUT2D eigenvalue weighted by atomic mass is 16.5. The Hall–Kier alpha value is -3.35. The van der Waals surface area contributed by atoms with Crippen LogP contribution in [0, 0.1) is 6.92 Å². The van der Waals surface area contributed by atoms with Crippen LogP contribution in [-0.4, -0.2) is 48.9 Å². The van der Waals surface area contributed by atoms with Crippen molar-refractivity contribution in [2.24, 2.45) is 0 Å². The summed E-state index contributed by atoms with van der Waals surface area (Å²) >= 11 is 0. The summed E-state index contributed by atoms with van der Waals surface area (Å²) in [6, 6.07) is 12.4. The van der Waals surface area contributed by atoms with Gasteiger partial charge in [-0.05, 0) is 49.1 Å². The molecule has 7 heteroatoms. The summed E-state index contributed by atoms with van der Waals surface area (Å²) in [6.07, 6.45) is 1.42. The number of rotatable bonds is 5. The van der Waals surface area contributed by atoms with Gasteiger partial charge >= 0.3 is 0 Å². The van der Waals surface area contributed by atoms with Crippen molar-refractivity contribution in [1.29, 1.82) is 0 Å². The van der Waals surface area contributed by atoms with Gasteiger partial charge in [-0.2, -0.15) is 0 Å². The zero-order valence-electron chi connectivity index (χ0n) is 17.2. The first kappa shape index (κ1) is 19.9. The van der Waals surface area contributed by atoms with Gasteiger partial charge in [0.15, 0.2) is 0 Å². The Morgan fingerprint density at radius 3 is 2.80 bits per heavy atom. The van der Waals surface area contributed by atoms with Crippen molar-refractivity contribution in [2.45, 2.75) is 32.4 Å². The second kappa shape index (κ2) is 8.18. The lowest BCUT2D eigenvalue weighted by Gasteiger charge is -2.26. The number of anilines is 1. The Morgan fingerprint density at radius 1 is 1.20 bits per heavy atom. The van der Waals surface area contributed by atoms with E-state index in [1.54, 1.807) is 18.1 Å². The Morgan fingerprint density at radius 2 is 2.00 bits per heavy atom. The molecule has 0 saturated carbocycles. The number of benzene rings is 2. The number of para-hydroxylation sites is 1. The Kier molecular flexibility index (Phi) is 5.44. The molecule has 1 N–H and O–H groups in total. The number of hydrogen-bond acceptors (Lipinski definition) is 4. The van der Waals surface area contributed by atoms with Gasteiger partial charge in [0.2, 0.25) is 11.8 Å². The monoisotopic (exact) mass is 407 g/mol. The van der Waals surface area contributed by atoms with Gasteiger partial charge in [-0.15, -0.1) is 0 Å². The van der Waals surface area contributed by atoms with Gasteiger partial charge in [0.25, 0.3) is 5.91 Å². The zero-order chi connectivity index (χ0) is 21.3. The van der Waals surface area contributed by atoms with Crippen molar-refractivity contribution >= 4 is 23.4 Å². The minimum atomic E-state index is -0.504. The molecular formula is C23H25N3O4. The molecular weight excluding hydrogens is 382 g/mol. The number of amides is 3. The van der Waals surface area contributed by atoms with Crippen LogP contribution in [0.1, 0.15) is 34.3 Å². The van der Waals surface area contributed by atoms with Crippen LogP contribution in [0.25, 0.3) is 0 Å². The highest BCUT2D eigenvalue weighted by molar-refractivity contribution is 6.13. The summed E-state index contributed by atoms with van der Waals surface area (Å²) in [4.78, 5) is 42.3. The van der Waals surface area contributed by atoms with Crippen LogP contribution < -0.4 is 15.0 Å². The predicted octanol–water partition coefficient (Wildman–Crippen LogP) is 2.27. The third-order valence-electron chi connectivity index (χ3n) is 5.73. The van der Waals surface area contributed by atoms with E-state index in [2.05, 4.69) is 5.32 Å². The Bertz CT molecular complexity index is 1000. The lowest BCUT2D eigenvalue weighted by atomic mass is 10.1. The van der Waals surface area contributed by atoms with Crippen LogP contribution in [0.3, 0.4) is 0 Å². The second-order valence-corrected chi connectivity index (χ2v) is 7.68. The third kappa shape index (κ3) is 3.63. The van der Waals surface area contributed by atoms with Crippen LogP contribution in [0.15, 0.2) is 42.5 Å². The van der Waals surface area contributed by atoms with Crippen molar-refractivity contribution in [1.82, 2.24) is 10.2 Å². The summed E-state index contributed by atoms with van der Waals surface area (Å²) in [5, 5.41) is 2.87. The van der Waals surface area contributed by atoms with E-state index in [9.17, 15) is 14.4 Å². The first-order valence-electron chi connectivity index (χ1n) is 10.1. The number of nitrogens with one attached hydrogen (secondary N) is 1. The van der Waals surface area contributed by atoms with Crippen LogP contribution in [0.5, 0.6) is 5.75 Å². The van der Waals surface area contributed by atoms with Gasteiger partial charge in [-0.25, -0.2) is 0 Å². The highest BCUT2D eigenvalue weighted by Gasteiger charge is 2.42. The largest absolute Gasteiger partial charge is 0.497 e. The smallest absolute Gasteiger partial charge is 0.256 e. The van der Waals surface area contributed by atoms with Crippen LogP contribution in [0.4, 0.5) is 5.69 Å². The summed E-state index contributed by atoms with van der Waals surface area (Å²) < 4.78 is 5.21. The van der Waals surface area contributed by atoms with Crippen molar-refractivity contribution in [3.05, 3.63) is 59.2 Å². The lowest BCUT2D eigenvalue weighted by molar-refractivity contribution is -0.125. The number of hydrogen-bond donors (Lipinski definition) is 1. The van der Waals surface area contributed by atoms with E-state index in [1.807, 2.05) is 43.3 Å². The summed E-state index contributed by atoms with van der Waals surface area (Å²) in [5.41, 5.74) is 2.72. The molecule has 2 aromatic rings. The molecule has 3 amide bonds. The first-order valence-corrected chi connectivity index (χ1v) is 10.1. The maximum Gasteiger partial charge on any atom is 0.256 e. The minimum absolute atomic E-state index is 0.127. The molecule has 2 heterocycles. The highest BCUT2D eigenvalue weighted by Crippen LogP contribution is 2.34. The van der Waals surface area contributed by atoms with Gasteiger partial charge in [-0.1, -0.05) is 24.3 Å². The van der Waals surface area contributed by atoms with Crippen molar-refractivity contribution in [3.63, 3.8) is 0 Å². The molecule has 7 nitrogen and oxygen atoms in total. The third-order valence-corrected chi connectivity index (χ3v) is 5.73. The fraction of sp³-hybridized carbons (Fsp3) is 0.348. The van der Waals surface area contributed by atoms with E-state index in [0.717, 1.165) is 17.5 Å². The van der Waals surface area contributed by atoms with Gasteiger partial charge in [0.05, 0.1) is 18.4 Å². The van der Waals surface area contributed by atoms with Gasteiger partial charge in [0, 0.05) is 13.1 Å². The number of methoxy groups -OCH3 is 1. The molecule has 0 radical (unpaired) electrons. The quantitative estimate of drug-likeness (QED) is 0.825. The number of aryl methyl sites for hydroxylation is 1. The first-order chi connectivity index (χ1) is 14.5. The number of ether oxygens (including phenoxy) is 1. The predicted molar refractivity (Wildman–Crippen MR) is 112 cm³/mol. The average molecular weight is 407 g/mol. The van der Waals surface area contributed by atoms with Crippen molar-refractivity contribution in [3.8, 4) is 5.75 Å².